The molecular formula is C7H15N3O2. The number of Topliss-reactive ketones (excluding diaryl/α,β-unsaturated/α-hetero) is 1. The smallest absolute Gasteiger partial charge is 0.233 e. The fourth-order valence-corrected chi connectivity index (χ4v) is 0.782. The number of carbonyl (C=O) groups excluding carboxylic acids is 2. The molecule has 5 nitrogen and oxygen atoms in total. The monoisotopic (exact) mass is 173 g/mol. The standard InChI is InChI=1S/C7H15N3O2/c8-5-6(11)3-1-2-4-7(12)10-9/h1-5,8-9H2,(H,10,12). The second-order valence-corrected chi connectivity index (χ2v) is 2.52. The summed E-state index contributed by atoms with van der Waals surface area (Å²) < 4.78 is 0. The van der Waals surface area contributed by atoms with E-state index in [1.54, 1.807) is 0 Å². The van der Waals surface area contributed by atoms with Crippen LogP contribution < -0.4 is 17.0 Å². The summed E-state index contributed by atoms with van der Waals surface area (Å²) >= 11 is 0. The molecule has 0 spiro atoms. The molecular weight excluding hydrogens is 158 g/mol. The normalized spacial score (nSPS) is 9.50. The van der Waals surface area contributed by atoms with E-state index in [4.69, 9.17) is 11.6 Å². The fourth-order valence-electron chi connectivity index (χ4n) is 0.782. The van der Waals surface area contributed by atoms with Crippen LogP contribution in [0.5, 0.6) is 0 Å². The van der Waals surface area contributed by atoms with Crippen molar-refractivity contribution in [2.45, 2.75) is 25.7 Å². The number of nitrogens with one attached hydrogen (secondary N) is 1. The first kappa shape index (κ1) is 11.1. The number of rotatable bonds is 6. The van der Waals surface area contributed by atoms with Gasteiger partial charge in [0.15, 0.2) is 0 Å². The van der Waals surface area contributed by atoms with Crippen LogP contribution in [-0.2, 0) is 9.59 Å². The lowest BCUT2D eigenvalue weighted by Crippen LogP contribution is -2.29. The Morgan fingerprint density at radius 1 is 1.17 bits per heavy atom. The average Bonchev–Trinajstić information content (AvgIpc) is 2.11. The Balaban J connectivity index is 3.21. The van der Waals surface area contributed by atoms with Crippen molar-refractivity contribution in [3.63, 3.8) is 0 Å². The average molecular weight is 173 g/mol. The predicted molar refractivity (Wildman–Crippen MR) is 44.9 cm³/mol. The van der Waals surface area contributed by atoms with Gasteiger partial charge in [-0.1, -0.05) is 0 Å². The lowest BCUT2D eigenvalue weighted by molar-refractivity contribution is -0.122. The summed E-state index contributed by atoms with van der Waals surface area (Å²) in [6.07, 6.45) is 2.20. The maximum atomic E-state index is 10.7. The lowest BCUT2D eigenvalue weighted by Gasteiger charge is -1.98. The van der Waals surface area contributed by atoms with Crippen LogP contribution in [0.25, 0.3) is 0 Å². The van der Waals surface area contributed by atoms with E-state index in [0.29, 0.717) is 25.7 Å². The van der Waals surface area contributed by atoms with Crippen molar-refractivity contribution >= 4 is 11.7 Å². The Bertz CT molecular complexity index is 141. The molecule has 0 aromatic carbocycles. The summed E-state index contributed by atoms with van der Waals surface area (Å²) in [4.78, 5) is 21.3. The van der Waals surface area contributed by atoms with Gasteiger partial charge in [0.05, 0.1) is 6.54 Å². The van der Waals surface area contributed by atoms with Crippen molar-refractivity contribution in [2.75, 3.05) is 6.54 Å². The number of ketones is 1. The molecule has 5 N–H and O–H groups in total. The molecule has 12 heavy (non-hydrogen) atoms. The Morgan fingerprint density at radius 3 is 2.25 bits per heavy atom. The summed E-state index contributed by atoms with van der Waals surface area (Å²) in [5, 5.41) is 0. The van der Waals surface area contributed by atoms with Gasteiger partial charge >= 0.3 is 0 Å². The molecule has 0 fully saturated rings. The molecule has 0 aromatic rings. The van der Waals surface area contributed by atoms with E-state index in [-0.39, 0.29) is 18.2 Å². The second kappa shape index (κ2) is 6.75. The molecule has 0 heterocycles. The number of nitrogens with two attached hydrogens (primary N) is 2. The minimum absolute atomic E-state index is 0.0307. The SMILES string of the molecule is NCC(=O)CCCCC(=O)NN. The number of hydrogen-bond donors (Lipinski definition) is 3. The number of carbonyl (C=O) groups is 2. The quantitative estimate of drug-likeness (QED) is 0.209. The highest BCUT2D eigenvalue weighted by atomic mass is 16.2. The van der Waals surface area contributed by atoms with Crippen LogP contribution in [0.1, 0.15) is 25.7 Å². The minimum atomic E-state index is -0.199. The first-order chi connectivity index (χ1) is 5.70. The molecule has 0 saturated carbocycles. The van der Waals surface area contributed by atoms with Crippen LogP contribution in [0.3, 0.4) is 0 Å². The first-order valence-corrected chi connectivity index (χ1v) is 3.92. The molecule has 5 heteroatoms. The minimum Gasteiger partial charge on any atom is -0.324 e. The topological polar surface area (TPSA) is 98.2 Å². The highest BCUT2D eigenvalue weighted by molar-refractivity contribution is 5.80. The van der Waals surface area contributed by atoms with Crippen LogP contribution in [0.2, 0.25) is 0 Å². The Kier molecular flexibility index (Phi) is 6.22. The molecule has 0 saturated heterocycles. The molecule has 0 rings (SSSR count). The van der Waals surface area contributed by atoms with Crippen LogP contribution in [0.15, 0.2) is 0 Å². The fraction of sp³-hybridized carbons (Fsp3) is 0.714. The third-order valence-electron chi connectivity index (χ3n) is 1.50. The van der Waals surface area contributed by atoms with Crippen molar-refractivity contribution in [1.82, 2.24) is 5.43 Å². The molecule has 0 atom stereocenters. The summed E-state index contributed by atoms with van der Waals surface area (Å²) in [6.45, 7) is 0.0864. The zero-order chi connectivity index (χ0) is 9.40. The van der Waals surface area contributed by atoms with Crippen molar-refractivity contribution in [3.05, 3.63) is 0 Å². The maximum Gasteiger partial charge on any atom is 0.233 e. The summed E-state index contributed by atoms with van der Waals surface area (Å²) in [7, 11) is 0. The van der Waals surface area contributed by atoms with Crippen molar-refractivity contribution in [3.8, 4) is 0 Å². The van der Waals surface area contributed by atoms with E-state index in [0.717, 1.165) is 0 Å². The molecule has 0 unspecified atom stereocenters. The van der Waals surface area contributed by atoms with Gasteiger partial charge in [-0.3, -0.25) is 15.0 Å². The Morgan fingerprint density at radius 2 is 1.75 bits per heavy atom. The molecule has 0 bridgehead atoms. The van der Waals surface area contributed by atoms with Crippen LogP contribution in [-0.4, -0.2) is 18.2 Å². The number of hydrogen-bond acceptors (Lipinski definition) is 4. The van der Waals surface area contributed by atoms with Gasteiger partial charge in [-0.25, -0.2) is 5.84 Å². The van der Waals surface area contributed by atoms with Gasteiger partial charge < -0.3 is 5.73 Å². The molecule has 0 aliphatic heterocycles. The summed E-state index contributed by atoms with van der Waals surface area (Å²) in [5.41, 5.74) is 7.11. The van der Waals surface area contributed by atoms with E-state index in [2.05, 4.69) is 0 Å². The van der Waals surface area contributed by atoms with Gasteiger partial charge in [-0.15, -0.1) is 0 Å². The predicted octanol–water partition coefficient (Wildman–Crippen LogP) is -0.935. The largest absolute Gasteiger partial charge is 0.324 e. The number of hydrazine groups is 1. The lowest BCUT2D eigenvalue weighted by atomic mass is 10.1. The summed E-state index contributed by atoms with van der Waals surface area (Å²) in [6, 6.07) is 0. The van der Waals surface area contributed by atoms with E-state index >= 15 is 0 Å². The molecule has 0 aliphatic rings. The van der Waals surface area contributed by atoms with Crippen molar-refractivity contribution in [2.24, 2.45) is 11.6 Å². The van der Waals surface area contributed by atoms with Gasteiger partial charge in [-0.05, 0) is 12.8 Å². The molecule has 70 valence electrons. The molecule has 0 radical (unpaired) electrons. The Hall–Kier alpha value is -0.940. The maximum absolute atomic E-state index is 10.7. The highest BCUT2D eigenvalue weighted by Gasteiger charge is 2.00. The van der Waals surface area contributed by atoms with Gasteiger partial charge in [0.1, 0.15) is 5.78 Å². The van der Waals surface area contributed by atoms with E-state index in [9.17, 15) is 9.59 Å². The van der Waals surface area contributed by atoms with Crippen LogP contribution in [0, 0.1) is 0 Å². The van der Waals surface area contributed by atoms with Gasteiger partial charge in [0.2, 0.25) is 5.91 Å². The Labute approximate surface area is 71.5 Å². The van der Waals surface area contributed by atoms with Crippen molar-refractivity contribution in [1.29, 1.82) is 0 Å². The van der Waals surface area contributed by atoms with E-state index in [1.807, 2.05) is 5.43 Å². The van der Waals surface area contributed by atoms with Gasteiger partial charge in [0.25, 0.3) is 0 Å². The third-order valence-corrected chi connectivity index (χ3v) is 1.50. The zero-order valence-corrected chi connectivity index (χ0v) is 7.01. The molecule has 0 aromatic heterocycles. The van der Waals surface area contributed by atoms with Crippen LogP contribution >= 0.6 is 0 Å². The van der Waals surface area contributed by atoms with Crippen molar-refractivity contribution < 1.29 is 9.59 Å². The third kappa shape index (κ3) is 5.82. The highest BCUT2D eigenvalue weighted by Crippen LogP contribution is 1.99. The van der Waals surface area contributed by atoms with Gasteiger partial charge in [-0.2, -0.15) is 0 Å². The van der Waals surface area contributed by atoms with Gasteiger partial charge in [0, 0.05) is 12.8 Å². The summed E-state index contributed by atoms with van der Waals surface area (Å²) in [5.74, 6) is 4.69. The molecule has 1 amide bonds. The van der Waals surface area contributed by atoms with Crippen LogP contribution in [0.4, 0.5) is 0 Å². The van der Waals surface area contributed by atoms with E-state index in [1.165, 1.54) is 0 Å². The number of unbranched alkanes of at least 4 members (excludes halogenated alkanes) is 1. The number of amides is 1. The second-order valence-electron chi connectivity index (χ2n) is 2.52. The first-order valence-electron chi connectivity index (χ1n) is 3.92. The van der Waals surface area contributed by atoms with E-state index < -0.39 is 0 Å². The molecule has 0 aliphatic carbocycles. The zero-order valence-electron chi connectivity index (χ0n) is 7.01.